The van der Waals surface area contributed by atoms with Crippen LogP contribution < -0.4 is 16.2 Å². The quantitative estimate of drug-likeness (QED) is 0.666. The maximum absolute atomic E-state index is 12.7. The number of amides is 2. The normalized spacial score (nSPS) is 18.6. The summed E-state index contributed by atoms with van der Waals surface area (Å²) in [5.74, 6) is -0.554. The largest absolute Gasteiger partial charge is 0.347 e. The molecule has 28 heavy (non-hydrogen) atoms. The summed E-state index contributed by atoms with van der Waals surface area (Å²) in [7, 11) is 0. The zero-order valence-electron chi connectivity index (χ0n) is 15.8. The zero-order chi connectivity index (χ0) is 19.9. The van der Waals surface area contributed by atoms with Crippen molar-refractivity contribution in [3.8, 4) is 0 Å². The third kappa shape index (κ3) is 5.10. The van der Waals surface area contributed by atoms with Crippen molar-refractivity contribution < 1.29 is 9.59 Å². The second kappa shape index (κ2) is 9.68. The molecule has 1 fully saturated rings. The average molecular weight is 401 g/mol. The minimum atomic E-state index is -0.307. The standard InChI is InChI=1S/C21H25ClN4O2/c1-2-26(14-15-6-4-3-5-7-15)19(27)13-23-21(28)18-12-24-25-20(18)16-8-10-17(22)11-9-16/h3-11,18,20,24-25H,2,12-14H2,1H3,(H,23,28). The number of hydrogen-bond donors (Lipinski definition) is 3. The summed E-state index contributed by atoms with van der Waals surface area (Å²) >= 11 is 5.95. The minimum Gasteiger partial charge on any atom is -0.347 e. The molecule has 7 heteroatoms. The number of rotatable bonds is 7. The smallest absolute Gasteiger partial charge is 0.242 e. The zero-order valence-corrected chi connectivity index (χ0v) is 16.6. The van der Waals surface area contributed by atoms with Gasteiger partial charge in [0.1, 0.15) is 0 Å². The molecule has 2 amide bonds. The number of hydrogen-bond acceptors (Lipinski definition) is 4. The monoisotopic (exact) mass is 400 g/mol. The summed E-state index contributed by atoms with van der Waals surface area (Å²) in [4.78, 5) is 27.0. The first-order valence-electron chi connectivity index (χ1n) is 9.41. The number of carbonyl (C=O) groups is 2. The molecule has 148 valence electrons. The lowest BCUT2D eigenvalue weighted by Gasteiger charge is -2.22. The van der Waals surface area contributed by atoms with Crippen molar-refractivity contribution in [2.45, 2.75) is 19.5 Å². The number of benzene rings is 2. The Bertz CT molecular complexity index is 798. The highest BCUT2D eigenvalue weighted by Crippen LogP contribution is 2.26. The minimum absolute atomic E-state index is 0.0106. The van der Waals surface area contributed by atoms with Gasteiger partial charge in [-0.25, -0.2) is 5.43 Å². The highest BCUT2D eigenvalue weighted by molar-refractivity contribution is 6.30. The van der Waals surface area contributed by atoms with E-state index in [0.717, 1.165) is 11.1 Å². The van der Waals surface area contributed by atoms with Crippen LogP contribution in [0.4, 0.5) is 0 Å². The van der Waals surface area contributed by atoms with Gasteiger partial charge in [0.15, 0.2) is 0 Å². The number of hydrazine groups is 1. The fourth-order valence-electron chi connectivity index (χ4n) is 3.31. The topological polar surface area (TPSA) is 73.5 Å². The highest BCUT2D eigenvalue weighted by Gasteiger charge is 2.34. The molecule has 2 aromatic carbocycles. The Morgan fingerprint density at radius 3 is 2.54 bits per heavy atom. The van der Waals surface area contributed by atoms with Crippen LogP contribution in [0.2, 0.25) is 5.02 Å². The fraction of sp³-hybridized carbons (Fsp3) is 0.333. The van der Waals surface area contributed by atoms with Crippen molar-refractivity contribution in [3.05, 3.63) is 70.7 Å². The molecule has 2 unspecified atom stereocenters. The van der Waals surface area contributed by atoms with E-state index in [1.807, 2.05) is 49.4 Å². The van der Waals surface area contributed by atoms with Crippen molar-refractivity contribution in [1.29, 1.82) is 0 Å². The number of nitrogens with one attached hydrogen (secondary N) is 3. The molecule has 1 aliphatic heterocycles. The van der Waals surface area contributed by atoms with Crippen LogP contribution in [-0.2, 0) is 16.1 Å². The number of nitrogens with zero attached hydrogens (tertiary/aromatic N) is 1. The van der Waals surface area contributed by atoms with Gasteiger partial charge in [-0.05, 0) is 30.2 Å². The van der Waals surface area contributed by atoms with Crippen LogP contribution in [-0.4, -0.2) is 36.3 Å². The first-order chi connectivity index (χ1) is 13.6. The lowest BCUT2D eigenvalue weighted by Crippen LogP contribution is -2.43. The summed E-state index contributed by atoms with van der Waals surface area (Å²) in [5.41, 5.74) is 8.20. The number of carbonyl (C=O) groups excluding carboxylic acids is 2. The predicted molar refractivity (Wildman–Crippen MR) is 109 cm³/mol. The molecule has 6 nitrogen and oxygen atoms in total. The molecule has 0 spiro atoms. The third-order valence-corrected chi connectivity index (χ3v) is 5.16. The van der Waals surface area contributed by atoms with Crippen LogP contribution >= 0.6 is 11.6 Å². The molecule has 2 aromatic rings. The molecule has 0 radical (unpaired) electrons. The number of halogens is 1. The molecule has 3 rings (SSSR count). The first-order valence-corrected chi connectivity index (χ1v) is 9.79. The van der Waals surface area contributed by atoms with Crippen molar-refractivity contribution >= 4 is 23.4 Å². The van der Waals surface area contributed by atoms with E-state index in [-0.39, 0.29) is 30.3 Å². The van der Waals surface area contributed by atoms with Crippen LogP contribution in [0.5, 0.6) is 0 Å². The lowest BCUT2D eigenvalue weighted by atomic mass is 9.94. The van der Waals surface area contributed by atoms with Gasteiger partial charge in [0.2, 0.25) is 11.8 Å². The van der Waals surface area contributed by atoms with Crippen molar-refractivity contribution in [2.24, 2.45) is 5.92 Å². The van der Waals surface area contributed by atoms with Gasteiger partial charge < -0.3 is 10.2 Å². The van der Waals surface area contributed by atoms with Gasteiger partial charge in [-0.2, -0.15) is 0 Å². The summed E-state index contributed by atoms with van der Waals surface area (Å²) in [6.45, 7) is 3.54. The maximum Gasteiger partial charge on any atom is 0.242 e. The van der Waals surface area contributed by atoms with E-state index in [1.165, 1.54) is 0 Å². The second-order valence-electron chi connectivity index (χ2n) is 6.77. The molecule has 2 atom stereocenters. The molecular formula is C21H25ClN4O2. The average Bonchev–Trinajstić information content (AvgIpc) is 3.21. The molecular weight excluding hydrogens is 376 g/mol. The second-order valence-corrected chi connectivity index (χ2v) is 7.21. The van der Waals surface area contributed by atoms with E-state index in [9.17, 15) is 9.59 Å². The van der Waals surface area contributed by atoms with Gasteiger partial charge in [-0.3, -0.25) is 15.0 Å². The molecule has 1 saturated heterocycles. The Kier molecular flexibility index (Phi) is 7.03. The fourth-order valence-corrected chi connectivity index (χ4v) is 3.44. The predicted octanol–water partition coefficient (Wildman–Crippen LogP) is 2.27. The Labute approximate surface area is 170 Å². The molecule has 0 saturated carbocycles. The van der Waals surface area contributed by atoms with Crippen molar-refractivity contribution in [1.82, 2.24) is 21.1 Å². The van der Waals surface area contributed by atoms with Crippen LogP contribution in [0.1, 0.15) is 24.1 Å². The van der Waals surface area contributed by atoms with Gasteiger partial charge in [-0.15, -0.1) is 0 Å². The Morgan fingerprint density at radius 2 is 1.86 bits per heavy atom. The van der Waals surface area contributed by atoms with Crippen LogP contribution in [0.15, 0.2) is 54.6 Å². The first kappa shape index (κ1) is 20.3. The molecule has 1 aliphatic rings. The van der Waals surface area contributed by atoms with Crippen molar-refractivity contribution in [2.75, 3.05) is 19.6 Å². The van der Waals surface area contributed by atoms with E-state index in [2.05, 4.69) is 16.2 Å². The third-order valence-electron chi connectivity index (χ3n) is 4.91. The van der Waals surface area contributed by atoms with Gasteiger partial charge in [0.05, 0.1) is 18.5 Å². The van der Waals surface area contributed by atoms with Crippen LogP contribution in [0.25, 0.3) is 0 Å². The van der Waals surface area contributed by atoms with E-state index in [1.54, 1.807) is 17.0 Å². The summed E-state index contributed by atoms with van der Waals surface area (Å²) < 4.78 is 0. The SMILES string of the molecule is CCN(Cc1ccccc1)C(=O)CNC(=O)C1CNNC1c1ccc(Cl)cc1. The van der Waals surface area contributed by atoms with Gasteiger partial charge >= 0.3 is 0 Å². The number of likely N-dealkylation sites (N-methyl/N-ethyl adjacent to an activating group) is 1. The highest BCUT2D eigenvalue weighted by atomic mass is 35.5. The van der Waals surface area contributed by atoms with Gasteiger partial charge in [0.25, 0.3) is 0 Å². The lowest BCUT2D eigenvalue weighted by molar-refractivity contribution is -0.134. The van der Waals surface area contributed by atoms with Crippen LogP contribution in [0, 0.1) is 5.92 Å². The summed E-state index contributed by atoms with van der Waals surface area (Å²) in [6, 6.07) is 17.1. The van der Waals surface area contributed by atoms with E-state index >= 15 is 0 Å². The molecule has 1 heterocycles. The molecule has 0 aromatic heterocycles. The van der Waals surface area contributed by atoms with Gasteiger partial charge in [0, 0.05) is 24.7 Å². The van der Waals surface area contributed by atoms with E-state index in [0.29, 0.717) is 24.7 Å². The Hall–Kier alpha value is -2.41. The van der Waals surface area contributed by atoms with E-state index in [4.69, 9.17) is 11.6 Å². The van der Waals surface area contributed by atoms with Gasteiger partial charge in [-0.1, -0.05) is 54.1 Å². The molecule has 3 N–H and O–H groups in total. The molecule has 0 bridgehead atoms. The maximum atomic E-state index is 12.7. The Balaban J connectivity index is 1.56. The van der Waals surface area contributed by atoms with Crippen molar-refractivity contribution in [3.63, 3.8) is 0 Å². The van der Waals surface area contributed by atoms with E-state index < -0.39 is 0 Å². The summed E-state index contributed by atoms with van der Waals surface area (Å²) in [5, 5.41) is 3.45. The van der Waals surface area contributed by atoms with Crippen LogP contribution in [0.3, 0.4) is 0 Å². The summed E-state index contributed by atoms with van der Waals surface area (Å²) in [6.07, 6.45) is 0. The molecule has 0 aliphatic carbocycles. The Morgan fingerprint density at radius 1 is 1.14 bits per heavy atom.